The summed E-state index contributed by atoms with van der Waals surface area (Å²) in [6.07, 6.45) is 2.05. The third-order valence-electron chi connectivity index (χ3n) is 4.31. The Kier molecular flexibility index (Phi) is 5.25. The number of hydrogen-bond acceptors (Lipinski definition) is 5. The fourth-order valence-corrected chi connectivity index (χ4v) is 2.98. The molecule has 1 aliphatic rings. The fourth-order valence-electron chi connectivity index (χ4n) is 2.98. The zero-order valence-corrected chi connectivity index (χ0v) is 15.4. The SMILES string of the molecule is CC(C)(C)OC(=O)N1CCC(Cc2nc(-c3ccccc3F)no2)CC1. The van der Waals surface area contributed by atoms with Crippen LogP contribution >= 0.6 is 0 Å². The van der Waals surface area contributed by atoms with Crippen molar-refractivity contribution in [2.75, 3.05) is 13.1 Å². The molecule has 1 aliphatic heterocycles. The predicted molar refractivity (Wildman–Crippen MR) is 93.9 cm³/mol. The Labute approximate surface area is 152 Å². The Morgan fingerprint density at radius 1 is 1.31 bits per heavy atom. The van der Waals surface area contributed by atoms with E-state index in [1.54, 1.807) is 23.1 Å². The van der Waals surface area contributed by atoms with Crippen LogP contribution in [0.3, 0.4) is 0 Å². The van der Waals surface area contributed by atoms with Crippen LogP contribution in [0.25, 0.3) is 11.4 Å². The van der Waals surface area contributed by atoms with Crippen molar-refractivity contribution in [2.24, 2.45) is 5.92 Å². The minimum Gasteiger partial charge on any atom is -0.444 e. The minimum absolute atomic E-state index is 0.268. The normalized spacial score (nSPS) is 15.9. The van der Waals surface area contributed by atoms with Gasteiger partial charge in [0.2, 0.25) is 11.7 Å². The molecule has 0 saturated carbocycles. The molecular formula is C19H24FN3O3. The topological polar surface area (TPSA) is 68.5 Å². The summed E-state index contributed by atoms with van der Waals surface area (Å²) in [4.78, 5) is 18.1. The highest BCUT2D eigenvalue weighted by Crippen LogP contribution is 2.24. The number of carbonyl (C=O) groups excluding carboxylic acids is 1. The van der Waals surface area contributed by atoms with E-state index in [-0.39, 0.29) is 17.7 Å². The molecule has 7 heteroatoms. The largest absolute Gasteiger partial charge is 0.444 e. The van der Waals surface area contributed by atoms with Gasteiger partial charge < -0.3 is 14.2 Å². The van der Waals surface area contributed by atoms with Crippen LogP contribution in [0.15, 0.2) is 28.8 Å². The van der Waals surface area contributed by atoms with Gasteiger partial charge in [-0.2, -0.15) is 4.98 Å². The van der Waals surface area contributed by atoms with Crippen molar-refractivity contribution >= 4 is 6.09 Å². The van der Waals surface area contributed by atoms with Gasteiger partial charge in [-0.05, 0) is 51.7 Å². The van der Waals surface area contributed by atoms with Crippen molar-refractivity contribution in [1.29, 1.82) is 0 Å². The van der Waals surface area contributed by atoms with Gasteiger partial charge >= 0.3 is 6.09 Å². The Bertz CT molecular complexity index is 761. The molecule has 0 radical (unpaired) electrons. The van der Waals surface area contributed by atoms with Crippen molar-refractivity contribution in [3.63, 3.8) is 0 Å². The predicted octanol–water partition coefficient (Wildman–Crippen LogP) is 4.07. The number of rotatable bonds is 3. The van der Waals surface area contributed by atoms with Crippen LogP contribution in [-0.4, -0.2) is 39.8 Å². The lowest BCUT2D eigenvalue weighted by atomic mass is 9.94. The van der Waals surface area contributed by atoms with Gasteiger partial charge in [0.1, 0.15) is 11.4 Å². The van der Waals surface area contributed by atoms with Gasteiger partial charge in [0.25, 0.3) is 0 Å². The summed E-state index contributed by atoms with van der Waals surface area (Å²) in [5.41, 5.74) is -0.150. The number of halogens is 1. The number of likely N-dealkylation sites (tertiary alicyclic amines) is 1. The Morgan fingerprint density at radius 2 is 2.00 bits per heavy atom. The van der Waals surface area contributed by atoms with Crippen LogP contribution in [0, 0.1) is 11.7 Å². The highest BCUT2D eigenvalue weighted by atomic mass is 19.1. The second-order valence-electron chi connectivity index (χ2n) is 7.61. The molecule has 3 rings (SSSR count). The first-order valence-electron chi connectivity index (χ1n) is 8.87. The summed E-state index contributed by atoms with van der Waals surface area (Å²) < 4.78 is 24.5. The van der Waals surface area contributed by atoms with E-state index in [9.17, 15) is 9.18 Å². The molecule has 0 spiro atoms. The van der Waals surface area contributed by atoms with Crippen molar-refractivity contribution in [3.8, 4) is 11.4 Å². The van der Waals surface area contributed by atoms with E-state index in [2.05, 4.69) is 10.1 Å². The summed E-state index contributed by atoms with van der Waals surface area (Å²) in [7, 11) is 0. The van der Waals surface area contributed by atoms with Crippen molar-refractivity contribution in [3.05, 3.63) is 36.0 Å². The molecule has 2 heterocycles. The summed E-state index contributed by atoms with van der Waals surface area (Å²) in [5.74, 6) is 0.747. The Hall–Kier alpha value is -2.44. The number of ether oxygens (including phenoxy) is 1. The first-order chi connectivity index (χ1) is 12.3. The summed E-state index contributed by atoms with van der Waals surface area (Å²) in [6.45, 7) is 6.88. The lowest BCUT2D eigenvalue weighted by Crippen LogP contribution is -2.42. The second-order valence-corrected chi connectivity index (χ2v) is 7.61. The average Bonchev–Trinajstić information content (AvgIpc) is 3.02. The molecular weight excluding hydrogens is 337 g/mol. The van der Waals surface area contributed by atoms with Crippen molar-refractivity contribution in [1.82, 2.24) is 15.0 Å². The summed E-state index contributed by atoms with van der Waals surface area (Å²) in [5, 5.41) is 3.89. The number of carbonyl (C=O) groups is 1. The van der Waals surface area contributed by atoms with Crippen LogP contribution in [0.5, 0.6) is 0 Å². The Morgan fingerprint density at radius 3 is 2.65 bits per heavy atom. The van der Waals surface area contributed by atoms with Crippen molar-refractivity contribution in [2.45, 2.75) is 45.6 Å². The minimum atomic E-state index is -0.485. The molecule has 1 amide bonds. The summed E-state index contributed by atoms with van der Waals surface area (Å²) >= 11 is 0. The lowest BCUT2D eigenvalue weighted by Gasteiger charge is -2.33. The van der Waals surface area contributed by atoms with Gasteiger partial charge in [-0.25, -0.2) is 9.18 Å². The highest BCUT2D eigenvalue weighted by Gasteiger charge is 2.28. The zero-order chi connectivity index (χ0) is 18.7. The number of piperidine rings is 1. The first kappa shape index (κ1) is 18.4. The number of hydrogen-bond donors (Lipinski definition) is 0. The van der Waals surface area contributed by atoms with Gasteiger partial charge in [-0.15, -0.1) is 0 Å². The second kappa shape index (κ2) is 7.43. The van der Waals surface area contributed by atoms with Gasteiger partial charge in [-0.3, -0.25) is 0 Å². The van der Waals surface area contributed by atoms with E-state index < -0.39 is 5.60 Å². The van der Waals surface area contributed by atoms with Crippen LogP contribution < -0.4 is 0 Å². The molecule has 0 N–H and O–H groups in total. The van der Waals surface area contributed by atoms with Gasteiger partial charge in [0.15, 0.2) is 0 Å². The molecule has 1 fully saturated rings. The highest BCUT2D eigenvalue weighted by molar-refractivity contribution is 5.68. The molecule has 1 saturated heterocycles. The molecule has 6 nitrogen and oxygen atoms in total. The summed E-state index contributed by atoms with van der Waals surface area (Å²) in [6, 6.07) is 6.36. The fraction of sp³-hybridized carbons (Fsp3) is 0.526. The van der Waals surface area contributed by atoms with E-state index in [1.807, 2.05) is 20.8 Å². The number of benzene rings is 1. The third kappa shape index (κ3) is 4.59. The van der Waals surface area contributed by atoms with Gasteiger partial charge in [0.05, 0.1) is 5.56 Å². The first-order valence-corrected chi connectivity index (χ1v) is 8.87. The molecule has 1 aromatic heterocycles. The standard InChI is InChI=1S/C19H24FN3O3/c1-19(2,3)25-18(24)23-10-8-13(9-11-23)12-16-21-17(22-26-16)14-6-4-5-7-15(14)20/h4-7,13H,8-12H2,1-3H3. The monoisotopic (exact) mass is 361 g/mol. The molecule has 1 aromatic carbocycles. The molecule has 0 aliphatic carbocycles. The number of amides is 1. The molecule has 140 valence electrons. The van der Waals surface area contributed by atoms with E-state index in [1.165, 1.54) is 6.07 Å². The zero-order valence-electron chi connectivity index (χ0n) is 15.4. The quantitative estimate of drug-likeness (QED) is 0.824. The molecule has 26 heavy (non-hydrogen) atoms. The third-order valence-corrected chi connectivity index (χ3v) is 4.31. The lowest BCUT2D eigenvalue weighted by molar-refractivity contribution is 0.0182. The van der Waals surface area contributed by atoms with E-state index in [0.29, 0.717) is 36.9 Å². The maximum atomic E-state index is 13.8. The molecule has 0 unspecified atom stereocenters. The van der Waals surface area contributed by atoms with Crippen LogP contribution in [0.2, 0.25) is 0 Å². The van der Waals surface area contributed by atoms with Crippen molar-refractivity contribution < 1.29 is 18.4 Å². The van der Waals surface area contributed by atoms with Gasteiger partial charge in [0, 0.05) is 19.5 Å². The smallest absolute Gasteiger partial charge is 0.410 e. The van der Waals surface area contributed by atoms with Crippen LogP contribution in [0.1, 0.15) is 39.5 Å². The maximum absolute atomic E-state index is 13.8. The molecule has 2 aromatic rings. The number of nitrogens with zero attached hydrogens (tertiary/aromatic N) is 3. The Balaban J connectivity index is 1.54. The van der Waals surface area contributed by atoms with Crippen LogP contribution in [0.4, 0.5) is 9.18 Å². The maximum Gasteiger partial charge on any atom is 0.410 e. The average molecular weight is 361 g/mol. The van der Waals surface area contributed by atoms with E-state index in [4.69, 9.17) is 9.26 Å². The molecule has 0 atom stereocenters. The molecule has 0 bridgehead atoms. The van der Waals surface area contributed by atoms with Gasteiger partial charge in [-0.1, -0.05) is 17.3 Å². The van der Waals surface area contributed by atoms with E-state index >= 15 is 0 Å². The van der Waals surface area contributed by atoms with Crippen LogP contribution in [-0.2, 0) is 11.2 Å². The number of aromatic nitrogens is 2. The van der Waals surface area contributed by atoms with E-state index in [0.717, 1.165) is 12.8 Å².